The molecule has 0 aromatic heterocycles. The average molecular weight is 129 g/mol. The first kappa shape index (κ1) is 6.07. The zero-order valence-corrected chi connectivity index (χ0v) is 5.00. The summed E-state index contributed by atoms with van der Waals surface area (Å²) in [7, 11) is 0. The summed E-state index contributed by atoms with van der Waals surface area (Å²) in [5.41, 5.74) is 0.120. The van der Waals surface area contributed by atoms with Gasteiger partial charge in [-0.05, 0) is 0 Å². The zero-order valence-electron chi connectivity index (χ0n) is 5.00. The third-order valence-corrected chi connectivity index (χ3v) is 1.17. The van der Waals surface area contributed by atoms with Crippen molar-refractivity contribution in [1.29, 1.82) is 0 Å². The van der Waals surface area contributed by atoms with Crippen LogP contribution < -0.4 is 0 Å². The molecule has 1 aliphatic heterocycles. The van der Waals surface area contributed by atoms with E-state index < -0.39 is 5.97 Å². The van der Waals surface area contributed by atoms with Gasteiger partial charge in [0.2, 0.25) is 0 Å². The van der Waals surface area contributed by atoms with Gasteiger partial charge in [-0.25, -0.2) is 4.79 Å². The van der Waals surface area contributed by atoms with Crippen LogP contribution in [-0.4, -0.2) is 23.4 Å². The molecule has 1 atom stereocenters. The number of nitrogens with zero attached hydrogens (tertiary/aromatic N) is 1. The lowest BCUT2D eigenvalue weighted by molar-refractivity contribution is -0.129. The summed E-state index contributed by atoms with van der Waals surface area (Å²) in [6, 6.07) is 0. The number of hydrogen-bond donors (Lipinski definition) is 1. The van der Waals surface area contributed by atoms with Crippen LogP contribution in [0.5, 0.6) is 0 Å². The van der Waals surface area contributed by atoms with E-state index in [2.05, 4.69) is 9.99 Å². The van der Waals surface area contributed by atoms with Gasteiger partial charge in [-0.2, -0.15) is 0 Å². The highest BCUT2D eigenvalue weighted by molar-refractivity contribution is 6.36. The number of carboxylic acid groups (broad SMARTS) is 1. The van der Waals surface area contributed by atoms with Crippen LogP contribution >= 0.6 is 0 Å². The maximum atomic E-state index is 10.2. The summed E-state index contributed by atoms with van der Waals surface area (Å²) < 4.78 is 0. The predicted molar refractivity (Wildman–Crippen MR) is 30.2 cm³/mol. The Balaban J connectivity index is 2.68. The first-order chi connectivity index (χ1) is 4.22. The van der Waals surface area contributed by atoms with E-state index in [4.69, 9.17) is 5.11 Å². The molecular formula is C5H7NO3. The van der Waals surface area contributed by atoms with Crippen molar-refractivity contribution in [2.75, 3.05) is 6.61 Å². The van der Waals surface area contributed by atoms with E-state index in [1.807, 2.05) is 0 Å². The topological polar surface area (TPSA) is 58.9 Å². The van der Waals surface area contributed by atoms with Crippen molar-refractivity contribution in [3.63, 3.8) is 0 Å². The SMILES string of the molecule is CC1CON=C1C(=O)O. The molecule has 50 valence electrons. The standard InChI is InChI=1S/C5H7NO3/c1-3-2-9-6-4(3)5(7)8/h3H,2H2,1H3,(H,7,8). The van der Waals surface area contributed by atoms with Gasteiger partial charge in [0, 0.05) is 5.92 Å². The van der Waals surface area contributed by atoms with Crippen LogP contribution in [-0.2, 0) is 9.63 Å². The first-order valence-electron chi connectivity index (χ1n) is 2.65. The van der Waals surface area contributed by atoms with E-state index >= 15 is 0 Å². The Bertz CT molecular complexity index is 164. The van der Waals surface area contributed by atoms with E-state index in [0.29, 0.717) is 6.61 Å². The Morgan fingerprint density at radius 1 is 2.00 bits per heavy atom. The second-order valence-corrected chi connectivity index (χ2v) is 1.98. The minimum Gasteiger partial charge on any atom is -0.477 e. The molecule has 0 amide bonds. The van der Waals surface area contributed by atoms with E-state index in [0.717, 1.165) is 0 Å². The van der Waals surface area contributed by atoms with Gasteiger partial charge >= 0.3 is 5.97 Å². The van der Waals surface area contributed by atoms with E-state index in [1.165, 1.54) is 0 Å². The Kier molecular flexibility index (Phi) is 1.38. The molecule has 4 nitrogen and oxygen atoms in total. The number of hydrogen-bond acceptors (Lipinski definition) is 3. The average Bonchev–Trinajstić information content (AvgIpc) is 2.13. The van der Waals surface area contributed by atoms with Crippen LogP contribution in [0.1, 0.15) is 6.92 Å². The van der Waals surface area contributed by atoms with Crippen molar-refractivity contribution >= 4 is 11.7 Å². The van der Waals surface area contributed by atoms with Crippen LogP contribution in [0.3, 0.4) is 0 Å². The maximum absolute atomic E-state index is 10.2. The molecule has 0 saturated heterocycles. The molecule has 1 N–H and O–H groups in total. The molecule has 9 heavy (non-hydrogen) atoms. The number of carbonyl (C=O) groups is 1. The predicted octanol–water partition coefficient (Wildman–Crippen LogP) is 0.0933. The van der Waals surface area contributed by atoms with Crippen molar-refractivity contribution < 1.29 is 14.7 Å². The quantitative estimate of drug-likeness (QED) is 0.546. The van der Waals surface area contributed by atoms with Crippen LogP contribution in [0.15, 0.2) is 5.16 Å². The molecule has 0 fully saturated rings. The minimum absolute atomic E-state index is 0.0671. The lowest BCUT2D eigenvalue weighted by Crippen LogP contribution is -2.18. The third kappa shape index (κ3) is 1.01. The lowest BCUT2D eigenvalue weighted by atomic mass is 10.1. The van der Waals surface area contributed by atoms with Crippen molar-refractivity contribution in [1.82, 2.24) is 0 Å². The fourth-order valence-electron chi connectivity index (χ4n) is 0.637. The van der Waals surface area contributed by atoms with Gasteiger partial charge in [-0.1, -0.05) is 12.1 Å². The van der Waals surface area contributed by atoms with Crippen molar-refractivity contribution in [3.05, 3.63) is 0 Å². The molecule has 1 aliphatic rings. The van der Waals surface area contributed by atoms with Crippen LogP contribution in [0.2, 0.25) is 0 Å². The van der Waals surface area contributed by atoms with Gasteiger partial charge in [-0.15, -0.1) is 0 Å². The Hall–Kier alpha value is -1.06. The fraction of sp³-hybridized carbons (Fsp3) is 0.600. The molecule has 0 radical (unpaired) electrons. The summed E-state index contributed by atoms with van der Waals surface area (Å²) in [5.74, 6) is -1.05. The van der Waals surface area contributed by atoms with Gasteiger partial charge in [-0.3, -0.25) is 0 Å². The second kappa shape index (κ2) is 2.05. The highest BCUT2D eigenvalue weighted by Gasteiger charge is 2.24. The number of carboxylic acids is 1. The first-order valence-corrected chi connectivity index (χ1v) is 2.65. The molecule has 0 bridgehead atoms. The number of rotatable bonds is 1. The van der Waals surface area contributed by atoms with Crippen molar-refractivity contribution in [2.45, 2.75) is 6.92 Å². The van der Waals surface area contributed by atoms with E-state index in [9.17, 15) is 4.79 Å². The van der Waals surface area contributed by atoms with Crippen molar-refractivity contribution in [3.8, 4) is 0 Å². The molecule has 4 heteroatoms. The molecule has 1 heterocycles. The summed E-state index contributed by atoms with van der Waals surface area (Å²) in [6.07, 6.45) is 0. The molecule has 1 unspecified atom stereocenters. The molecule has 0 spiro atoms. The van der Waals surface area contributed by atoms with Gasteiger partial charge < -0.3 is 9.94 Å². The summed E-state index contributed by atoms with van der Waals surface area (Å²) in [5, 5.41) is 11.7. The molecule has 1 rings (SSSR count). The summed E-state index contributed by atoms with van der Waals surface area (Å²) in [6.45, 7) is 2.15. The van der Waals surface area contributed by atoms with Crippen LogP contribution in [0, 0.1) is 5.92 Å². The lowest BCUT2D eigenvalue weighted by Gasteiger charge is -1.94. The second-order valence-electron chi connectivity index (χ2n) is 1.98. The summed E-state index contributed by atoms with van der Waals surface area (Å²) >= 11 is 0. The van der Waals surface area contributed by atoms with Gasteiger partial charge in [0.05, 0.1) is 0 Å². The molecule has 0 aromatic carbocycles. The van der Waals surface area contributed by atoms with Gasteiger partial charge in [0.25, 0.3) is 0 Å². The van der Waals surface area contributed by atoms with E-state index in [-0.39, 0.29) is 11.6 Å². The highest BCUT2D eigenvalue weighted by Crippen LogP contribution is 2.07. The van der Waals surface area contributed by atoms with Crippen LogP contribution in [0.25, 0.3) is 0 Å². The fourth-order valence-corrected chi connectivity index (χ4v) is 0.637. The van der Waals surface area contributed by atoms with Gasteiger partial charge in [0.1, 0.15) is 6.61 Å². The van der Waals surface area contributed by atoms with Crippen molar-refractivity contribution in [2.24, 2.45) is 11.1 Å². The summed E-state index contributed by atoms with van der Waals surface area (Å²) in [4.78, 5) is 14.7. The minimum atomic E-state index is -0.986. The monoisotopic (exact) mass is 129 g/mol. The molecule has 0 saturated carbocycles. The number of aliphatic carboxylic acids is 1. The Labute approximate surface area is 52.1 Å². The largest absolute Gasteiger partial charge is 0.477 e. The maximum Gasteiger partial charge on any atom is 0.354 e. The molecular weight excluding hydrogens is 122 g/mol. The number of oxime groups is 1. The van der Waals surface area contributed by atoms with Gasteiger partial charge in [0.15, 0.2) is 5.71 Å². The molecule has 0 aromatic rings. The highest BCUT2D eigenvalue weighted by atomic mass is 16.6. The Morgan fingerprint density at radius 3 is 2.89 bits per heavy atom. The smallest absolute Gasteiger partial charge is 0.354 e. The van der Waals surface area contributed by atoms with Crippen LogP contribution in [0.4, 0.5) is 0 Å². The third-order valence-electron chi connectivity index (χ3n) is 1.17. The Morgan fingerprint density at radius 2 is 2.67 bits per heavy atom. The zero-order chi connectivity index (χ0) is 6.85. The molecule has 0 aliphatic carbocycles. The van der Waals surface area contributed by atoms with E-state index in [1.54, 1.807) is 6.92 Å². The normalized spacial score (nSPS) is 25.0.